The zero-order valence-corrected chi connectivity index (χ0v) is 16.1. The van der Waals surface area contributed by atoms with E-state index >= 15 is 0 Å². The number of pyridine rings is 1. The first-order chi connectivity index (χ1) is 13.1. The second kappa shape index (κ2) is 7.77. The first-order valence-corrected chi connectivity index (χ1v) is 8.32. The summed E-state index contributed by atoms with van der Waals surface area (Å²) < 4.78 is 76.3. The average Bonchev–Trinajstić information content (AvgIpc) is 2.53. The summed E-state index contributed by atoms with van der Waals surface area (Å²) in [4.78, 5) is 23.2. The Morgan fingerprint density at radius 1 is 1.03 bits per heavy atom. The van der Waals surface area contributed by atoms with Crippen LogP contribution in [0.15, 0.2) is 18.3 Å². The molecule has 2 rings (SSSR count). The molecule has 0 amide bonds. The highest BCUT2D eigenvalue weighted by Crippen LogP contribution is 2.46. The van der Waals surface area contributed by atoms with E-state index in [1.54, 1.807) is 0 Å². The molecule has 2 aromatic rings. The van der Waals surface area contributed by atoms with Gasteiger partial charge in [0.2, 0.25) is 0 Å². The molecule has 29 heavy (non-hydrogen) atoms. The fraction of sp³-hybridized carbons (Fsp3) is 0.154. The molecule has 0 radical (unpaired) electrons. The van der Waals surface area contributed by atoms with Crippen LogP contribution in [0.1, 0.15) is 11.1 Å². The third-order valence-corrected chi connectivity index (χ3v) is 4.70. The van der Waals surface area contributed by atoms with Crippen LogP contribution in [0.25, 0.3) is 0 Å². The Bertz CT molecular complexity index is 1010. The number of anilines is 2. The molecule has 1 heterocycles. The number of halogens is 8. The van der Waals surface area contributed by atoms with Gasteiger partial charge in [-0.1, -0.05) is 11.6 Å². The minimum absolute atomic E-state index is 0.0646. The van der Waals surface area contributed by atoms with Crippen molar-refractivity contribution < 1.29 is 36.2 Å². The zero-order valence-electron chi connectivity index (χ0n) is 13.2. The van der Waals surface area contributed by atoms with Crippen molar-refractivity contribution in [3.8, 4) is 0 Å². The van der Waals surface area contributed by atoms with Crippen LogP contribution in [-0.4, -0.2) is 14.8 Å². The molecule has 0 saturated heterocycles. The van der Waals surface area contributed by atoms with Crippen molar-refractivity contribution in [2.24, 2.45) is 0 Å². The van der Waals surface area contributed by atoms with Gasteiger partial charge in [0.1, 0.15) is 9.39 Å². The smallest absolute Gasteiger partial charge is 0.328 e. The maximum Gasteiger partial charge on any atom is 0.417 e. The van der Waals surface area contributed by atoms with E-state index in [9.17, 15) is 46.6 Å². The molecule has 0 spiro atoms. The number of nitrogens with one attached hydrogen (secondary N) is 1. The Hall–Kier alpha value is -2.43. The Morgan fingerprint density at radius 3 is 2.03 bits per heavy atom. The van der Waals surface area contributed by atoms with E-state index in [0.717, 1.165) is 22.6 Å². The normalized spacial score (nSPS) is 12.0. The Balaban J connectivity index is 2.74. The second-order valence-corrected chi connectivity index (χ2v) is 6.66. The van der Waals surface area contributed by atoms with Crippen LogP contribution in [0.2, 0.25) is 5.02 Å². The Labute approximate surface area is 174 Å². The first kappa shape index (κ1) is 22.9. The molecule has 0 fully saturated rings. The predicted molar refractivity (Wildman–Crippen MR) is 95.0 cm³/mol. The number of alkyl halides is 6. The fourth-order valence-corrected chi connectivity index (χ4v) is 3.22. The maximum atomic E-state index is 13.1. The SMILES string of the molecule is O=[N+]([O-])c1cc(C(F)(F)F)c(I)c([N+](=O)[O-])c1Nc1ncc(C(F)(F)F)cc1Cl. The summed E-state index contributed by atoms with van der Waals surface area (Å²) in [7, 11) is 0. The molecule has 16 heteroatoms. The van der Waals surface area contributed by atoms with Crippen molar-refractivity contribution in [3.63, 3.8) is 0 Å². The van der Waals surface area contributed by atoms with Crippen LogP contribution in [0.3, 0.4) is 0 Å². The quantitative estimate of drug-likeness (QED) is 0.216. The molecule has 1 aromatic carbocycles. The van der Waals surface area contributed by atoms with Crippen molar-refractivity contribution in [2.75, 3.05) is 5.32 Å². The van der Waals surface area contributed by atoms with Gasteiger partial charge in [-0.15, -0.1) is 0 Å². The number of hydrogen-bond donors (Lipinski definition) is 1. The van der Waals surface area contributed by atoms with Gasteiger partial charge >= 0.3 is 23.7 Å². The number of hydrogen-bond acceptors (Lipinski definition) is 6. The van der Waals surface area contributed by atoms with E-state index in [1.165, 1.54) is 0 Å². The molecule has 1 N–H and O–H groups in total. The highest BCUT2D eigenvalue weighted by molar-refractivity contribution is 14.1. The maximum absolute atomic E-state index is 13.1. The molecule has 8 nitrogen and oxygen atoms in total. The van der Waals surface area contributed by atoms with Gasteiger partial charge in [0.15, 0.2) is 5.69 Å². The number of benzene rings is 1. The summed E-state index contributed by atoms with van der Waals surface area (Å²) in [6, 6.07) is 0.457. The van der Waals surface area contributed by atoms with E-state index in [4.69, 9.17) is 11.6 Å². The summed E-state index contributed by atoms with van der Waals surface area (Å²) >= 11 is 6.63. The topological polar surface area (TPSA) is 111 Å². The van der Waals surface area contributed by atoms with Gasteiger partial charge in [-0.2, -0.15) is 26.3 Å². The summed E-state index contributed by atoms with van der Waals surface area (Å²) in [5, 5.41) is 23.8. The molecular weight excluding hydrogens is 553 g/mol. The molecule has 0 aliphatic carbocycles. The van der Waals surface area contributed by atoms with E-state index in [1.807, 2.05) is 5.32 Å². The third kappa shape index (κ3) is 4.77. The lowest BCUT2D eigenvalue weighted by Gasteiger charge is -2.14. The number of nitro groups is 2. The molecule has 0 aliphatic rings. The van der Waals surface area contributed by atoms with E-state index in [-0.39, 0.29) is 6.07 Å². The van der Waals surface area contributed by atoms with Crippen molar-refractivity contribution in [1.29, 1.82) is 0 Å². The summed E-state index contributed by atoms with van der Waals surface area (Å²) in [6.45, 7) is 0. The van der Waals surface area contributed by atoms with Gasteiger partial charge in [-0.25, -0.2) is 4.98 Å². The molecule has 0 aliphatic heterocycles. The molecule has 0 unspecified atom stereocenters. The molecule has 0 atom stereocenters. The molecule has 156 valence electrons. The monoisotopic (exact) mass is 556 g/mol. The second-order valence-electron chi connectivity index (χ2n) is 5.17. The third-order valence-electron chi connectivity index (χ3n) is 3.31. The highest BCUT2D eigenvalue weighted by atomic mass is 127. The molecule has 0 bridgehead atoms. The minimum atomic E-state index is -5.14. The summed E-state index contributed by atoms with van der Waals surface area (Å²) in [6.07, 6.45) is -9.67. The Morgan fingerprint density at radius 2 is 1.62 bits per heavy atom. The number of aromatic nitrogens is 1. The minimum Gasteiger partial charge on any atom is -0.328 e. The number of nitro benzene ring substituents is 2. The zero-order chi connectivity index (χ0) is 22.3. The van der Waals surface area contributed by atoms with Gasteiger partial charge in [-0.05, 0) is 28.7 Å². The summed E-state index contributed by atoms with van der Waals surface area (Å²) in [5.41, 5.74) is -6.59. The lowest BCUT2D eigenvalue weighted by molar-refractivity contribution is -0.393. The van der Waals surface area contributed by atoms with Crippen LogP contribution in [-0.2, 0) is 12.4 Å². The lowest BCUT2D eigenvalue weighted by atomic mass is 10.1. The van der Waals surface area contributed by atoms with Crippen molar-refractivity contribution in [2.45, 2.75) is 12.4 Å². The summed E-state index contributed by atoms with van der Waals surface area (Å²) in [5.74, 6) is -0.665. The highest BCUT2D eigenvalue weighted by Gasteiger charge is 2.42. The number of nitrogens with zero attached hydrogens (tertiary/aromatic N) is 3. The number of rotatable bonds is 4. The van der Waals surface area contributed by atoms with Crippen LogP contribution in [0.4, 0.5) is 49.2 Å². The van der Waals surface area contributed by atoms with Gasteiger partial charge in [0.05, 0.1) is 26.0 Å². The fourth-order valence-electron chi connectivity index (χ4n) is 2.08. The van der Waals surface area contributed by atoms with E-state index < -0.39 is 64.8 Å². The predicted octanol–water partition coefficient (Wildman–Crippen LogP) is 5.94. The van der Waals surface area contributed by atoms with Gasteiger partial charge < -0.3 is 5.32 Å². The Kier molecular flexibility index (Phi) is 6.12. The molecule has 0 saturated carbocycles. The van der Waals surface area contributed by atoms with Crippen molar-refractivity contribution in [1.82, 2.24) is 4.98 Å². The van der Waals surface area contributed by atoms with Crippen molar-refractivity contribution >= 4 is 57.1 Å². The standard InChI is InChI=1S/C13H4ClF6IN4O4/c14-6-1-4(12(15,16)17)3-22-11(6)23-9-7(24(26)27)2-5(13(18,19)20)8(21)10(9)25(28)29/h1-3H,(H,22,23). The van der Waals surface area contributed by atoms with Crippen LogP contribution < -0.4 is 5.32 Å². The average molecular weight is 557 g/mol. The largest absolute Gasteiger partial charge is 0.417 e. The van der Waals surface area contributed by atoms with E-state index in [0.29, 0.717) is 12.3 Å². The van der Waals surface area contributed by atoms with Crippen LogP contribution in [0, 0.1) is 23.8 Å². The van der Waals surface area contributed by atoms with Crippen LogP contribution in [0.5, 0.6) is 0 Å². The van der Waals surface area contributed by atoms with Crippen molar-refractivity contribution in [3.05, 3.63) is 58.3 Å². The van der Waals surface area contributed by atoms with Gasteiger partial charge in [0.25, 0.3) is 0 Å². The van der Waals surface area contributed by atoms with Crippen LogP contribution >= 0.6 is 34.2 Å². The molecule has 1 aromatic heterocycles. The van der Waals surface area contributed by atoms with Gasteiger partial charge in [-0.3, -0.25) is 20.2 Å². The lowest BCUT2D eigenvalue weighted by Crippen LogP contribution is -2.13. The molecular formula is C13H4ClF6IN4O4. The first-order valence-electron chi connectivity index (χ1n) is 6.86. The van der Waals surface area contributed by atoms with E-state index in [2.05, 4.69) is 4.98 Å². The van der Waals surface area contributed by atoms with Gasteiger partial charge in [0, 0.05) is 12.3 Å².